The van der Waals surface area contributed by atoms with Gasteiger partial charge in [-0.25, -0.2) is 0 Å². The fourth-order valence-corrected chi connectivity index (χ4v) is 4.53. The van der Waals surface area contributed by atoms with Gasteiger partial charge >= 0.3 is 0 Å². The Morgan fingerprint density at radius 3 is 2.28 bits per heavy atom. The van der Waals surface area contributed by atoms with Crippen molar-refractivity contribution in [2.75, 3.05) is 5.32 Å². The Morgan fingerprint density at radius 2 is 1.62 bits per heavy atom. The zero-order chi connectivity index (χ0) is 22.5. The second kappa shape index (κ2) is 9.82. The zero-order valence-electron chi connectivity index (χ0n) is 17.8. The van der Waals surface area contributed by atoms with Gasteiger partial charge in [0, 0.05) is 12.8 Å². The highest BCUT2D eigenvalue weighted by Crippen LogP contribution is 2.27. The Kier molecular flexibility index (Phi) is 6.70. The number of benzene rings is 2. The first kappa shape index (κ1) is 21.8. The molecular formula is C24H24N4O3S. The first-order chi connectivity index (χ1) is 15.6. The predicted molar refractivity (Wildman–Crippen MR) is 123 cm³/mol. The van der Waals surface area contributed by atoms with Crippen molar-refractivity contribution in [3.63, 3.8) is 0 Å². The van der Waals surface area contributed by atoms with Crippen molar-refractivity contribution < 1.29 is 14.4 Å². The lowest BCUT2D eigenvalue weighted by Crippen LogP contribution is -2.48. The number of carbonyl (C=O) groups excluding carboxylic acids is 3. The fraction of sp³-hybridized carbons (Fsp3) is 0.292. The van der Waals surface area contributed by atoms with Crippen molar-refractivity contribution in [1.29, 1.82) is 0 Å². The van der Waals surface area contributed by atoms with E-state index in [0.29, 0.717) is 16.3 Å². The van der Waals surface area contributed by atoms with Crippen LogP contribution in [0, 0.1) is 0 Å². The van der Waals surface area contributed by atoms with Crippen LogP contribution in [0.3, 0.4) is 0 Å². The summed E-state index contributed by atoms with van der Waals surface area (Å²) in [5.74, 6) is -1.38. The molecule has 4 rings (SSSR count). The maximum absolute atomic E-state index is 13.3. The monoisotopic (exact) mass is 448 g/mol. The normalized spacial score (nSPS) is 13.8. The Balaban J connectivity index is 1.57. The van der Waals surface area contributed by atoms with Crippen molar-refractivity contribution in [2.24, 2.45) is 0 Å². The third-order valence-electron chi connectivity index (χ3n) is 5.40. The van der Waals surface area contributed by atoms with E-state index in [9.17, 15) is 14.4 Å². The van der Waals surface area contributed by atoms with Gasteiger partial charge in [0.25, 0.3) is 11.8 Å². The van der Waals surface area contributed by atoms with Crippen LogP contribution in [0.25, 0.3) is 0 Å². The number of aromatic nitrogens is 2. The molecule has 0 radical (unpaired) electrons. The fourth-order valence-electron chi connectivity index (χ4n) is 3.75. The first-order valence-electron chi connectivity index (χ1n) is 10.7. The summed E-state index contributed by atoms with van der Waals surface area (Å²) in [6.07, 6.45) is 4.27. The van der Waals surface area contributed by atoms with Gasteiger partial charge in [0.2, 0.25) is 11.0 Å². The van der Waals surface area contributed by atoms with Gasteiger partial charge in [0.15, 0.2) is 0 Å². The topological polar surface area (TPSA) is 92.3 Å². The molecule has 2 aromatic carbocycles. The molecule has 0 spiro atoms. The number of anilines is 1. The minimum atomic E-state index is -1.00. The Labute approximate surface area is 190 Å². The standard InChI is InChI=1S/C24H24N4O3S/c1-2-3-5-14-20-26-27-24(32-20)25-21(29)19(15-16-10-6-4-7-11-16)28-22(30)17-12-8-9-13-18(17)23(28)31/h4,6-13,19H,2-3,5,14-15H2,1H3,(H,25,27,29)/t19-/m0/s1. The van der Waals surface area contributed by atoms with Crippen LogP contribution in [-0.4, -0.2) is 38.9 Å². The molecule has 0 aliphatic carbocycles. The van der Waals surface area contributed by atoms with Gasteiger partial charge in [0.1, 0.15) is 11.0 Å². The zero-order valence-corrected chi connectivity index (χ0v) is 18.6. The number of nitrogens with one attached hydrogen (secondary N) is 1. The lowest BCUT2D eigenvalue weighted by molar-refractivity contribution is -0.119. The van der Waals surface area contributed by atoms with Crippen LogP contribution in [0.5, 0.6) is 0 Å². The number of aryl methyl sites for hydroxylation is 1. The molecule has 7 nitrogen and oxygen atoms in total. The molecule has 2 heterocycles. The lowest BCUT2D eigenvalue weighted by atomic mass is 10.0. The number of carbonyl (C=O) groups is 3. The van der Waals surface area contributed by atoms with Crippen molar-refractivity contribution in [1.82, 2.24) is 15.1 Å². The maximum atomic E-state index is 13.3. The highest BCUT2D eigenvalue weighted by atomic mass is 32.1. The highest BCUT2D eigenvalue weighted by Gasteiger charge is 2.42. The van der Waals surface area contributed by atoms with Crippen LogP contribution >= 0.6 is 11.3 Å². The van der Waals surface area contributed by atoms with Crippen LogP contribution in [-0.2, 0) is 17.6 Å². The van der Waals surface area contributed by atoms with Gasteiger partial charge in [-0.2, -0.15) is 0 Å². The number of amides is 3. The summed E-state index contributed by atoms with van der Waals surface area (Å²) in [5, 5.41) is 12.2. The molecule has 0 saturated carbocycles. The van der Waals surface area contributed by atoms with E-state index in [1.807, 2.05) is 30.3 Å². The summed E-state index contributed by atoms with van der Waals surface area (Å²) in [6, 6.07) is 15.0. The Hall–Kier alpha value is -3.39. The SMILES string of the molecule is CCCCCc1nnc(NC(=O)[C@H](Cc2ccccc2)N2C(=O)c3ccccc3C2=O)s1. The van der Waals surface area contributed by atoms with Gasteiger partial charge in [-0.15, -0.1) is 10.2 Å². The third kappa shape index (κ3) is 4.60. The number of unbranched alkanes of at least 4 members (excludes halogenated alkanes) is 2. The molecule has 1 aliphatic heterocycles. The van der Waals surface area contributed by atoms with Gasteiger partial charge in [-0.05, 0) is 24.1 Å². The van der Waals surface area contributed by atoms with Crippen LogP contribution in [0.4, 0.5) is 5.13 Å². The van der Waals surface area contributed by atoms with Gasteiger partial charge in [0.05, 0.1) is 11.1 Å². The van der Waals surface area contributed by atoms with Crippen LogP contribution in [0.1, 0.15) is 57.5 Å². The van der Waals surface area contributed by atoms with Gasteiger partial charge < -0.3 is 0 Å². The quantitative estimate of drug-likeness (QED) is 0.393. The third-order valence-corrected chi connectivity index (χ3v) is 6.30. The van der Waals surface area contributed by atoms with Gasteiger partial charge in [-0.1, -0.05) is 73.6 Å². The minimum Gasteiger partial charge on any atom is -0.299 e. The van der Waals surface area contributed by atoms with E-state index in [-0.39, 0.29) is 6.42 Å². The molecule has 164 valence electrons. The van der Waals surface area contributed by atoms with Gasteiger partial charge in [-0.3, -0.25) is 24.6 Å². The van der Waals surface area contributed by atoms with E-state index in [1.54, 1.807) is 24.3 Å². The van der Waals surface area contributed by atoms with E-state index in [1.165, 1.54) is 11.3 Å². The number of nitrogens with zero attached hydrogens (tertiary/aromatic N) is 3. The van der Waals surface area contributed by atoms with Crippen LogP contribution in [0.2, 0.25) is 0 Å². The Morgan fingerprint density at radius 1 is 0.969 bits per heavy atom. The van der Waals surface area contributed by atoms with Crippen molar-refractivity contribution >= 4 is 34.2 Å². The first-order valence-corrected chi connectivity index (χ1v) is 11.5. The van der Waals surface area contributed by atoms with Crippen molar-refractivity contribution in [2.45, 2.75) is 45.1 Å². The van der Waals surface area contributed by atoms with E-state index in [0.717, 1.165) is 41.2 Å². The van der Waals surface area contributed by atoms with Crippen LogP contribution < -0.4 is 5.32 Å². The maximum Gasteiger partial charge on any atom is 0.262 e. The summed E-state index contributed by atoms with van der Waals surface area (Å²) in [4.78, 5) is 40.5. The largest absolute Gasteiger partial charge is 0.299 e. The predicted octanol–water partition coefficient (Wildman–Crippen LogP) is 4.12. The summed E-state index contributed by atoms with van der Waals surface area (Å²) >= 11 is 1.32. The average Bonchev–Trinajstić information content (AvgIpc) is 3.35. The number of fused-ring (bicyclic) bond motifs is 1. The molecular weight excluding hydrogens is 424 g/mol. The lowest BCUT2D eigenvalue weighted by Gasteiger charge is -2.25. The summed E-state index contributed by atoms with van der Waals surface area (Å²) < 4.78 is 0. The van der Waals surface area contributed by atoms with Crippen molar-refractivity contribution in [3.05, 3.63) is 76.3 Å². The second-order valence-electron chi connectivity index (χ2n) is 7.68. The van der Waals surface area contributed by atoms with Crippen molar-refractivity contribution in [3.8, 4) is 0 Å². The number of rotatable bonds is 9. The van der Waals surface area contributed by atoms with E-state index >= 15 is 0 Å². The molecule has 1 aliphatic rings. The van der Waals surface area contributed by atoms with Crippen LogP contribution in [0.15, 0.2) is 54.6 Å². The second-order valence-corrected chi connectivity index (χ2v) is 8.74. The molecule has 3 aromatic rings. The number of hydrogen-bond acceptors (Lipinski definition) is 6. The molecule has 0 unspecified atom stereocenters. The van der Waals surface area contributed by atoms with E-state index in [2.05, 4.69) is 22.4 Å². The molecule has 8 heteroatoms. The molecule has 3 amide bonds. The summed E-state index contributed by atoms with van der Waals surface area (Å²) in [5.41, 5.74) is 1.48. The smallest absolute Gasteiger partial charge is 0.262 e. The molecule has 1 aromatic heterocycles. The average molecular weight is 449 g/mol. The highest BCUT2D eigenvalue weighted by molar-refractivity contribution is 7.15. The molecule has 32 heavy (non-hydrogen) atoms. The van der Waals surface area contributed by atoms with E-state index < -0.39 is 23.8 Å². The number of imide groups is 1. The number of hydrogen-bond donors (Lipinski definition) is 1. The molecule has 0 bridgehead atoms. The molecule has 0 fully saturated rings. The molecule has 0 saturated heterocycles. The van der Waals surface area contributed by atoms with E-state index in [4.69, 9.17) is 0 Å². The Bertz CT molecular complexity index is 1090. The summed E-state index contributed by atoms with van der Waals surface area (Å²) in [7, 11) is 0. The summed E-state index contributed by atoms with van der Waals surface area (Å²) in [6.45, 7) is 2.14. The molecule has 1 N–H and O–H groups in total. The minimum absolute atomic E-state index is 0.209. The molecule has 1 atom stereocenters.